The van der Waals surface area contributed by atoms with Crippen molar-refractivity contribution in [2.24, 2.45) is 0 Å². The molecule has 18 heavy (non-hydrogen) atoms. The van der Waals surface area contributed by atoms with Gasteiger partial charge in [-0.25, -0.2) is 0 Å². The molecule has 0 aromatic rings. The van der Waals surface area contributed by atoms with E-state index in [9.17, 15) is 0 Å². The zero-order chi connectivity index (χ0) is 13.0. The fourth-order valence-corrected chi connectivity index (χ4v) is 4.31. The minimum absolute atomic E-state index is 0.148. The molecule has 4 heteroatoms. The summed E-state index contributed by atoms with van der Waals surface area (Å²) in [5.41, 5.74) is 0.148. The van der Waals surface area contributed by atoms with Crippen molar-refractivity contribution < 1.29 is 4.74 Å². The lowest BCUT2D eigenvalue weighted by atomic mass is 9.84. The zero-order valence-corrected chi connectivity index (χ0v) is 12.3. The van der Waals surface area contributed by atoms with Crippen LogP contribution in [0.25, 0.3) is 0 Å². The highest BCUT2D eigenvalue weighted by Gasteiger charge is 2.40. The summed E-state index contributed by atoms with van der Waals surface area (Å²) in [5, 5.41) is 8.82. The molecule has 2 fully saturated rings. The molecule has 2 aliphatic heterocycles. The van der Waals surface area contributed by atoms with Crippen molar-refractivity contribution in [3.05, 3.63) is 0 Å². The van der Waals surface area contributed by atoms with Crippen molar-refractivity contribution in [3.63, 3.8) is 0 Å². The Morgan fingerprint density at radius 1 is 1.50 bits per heavy atom. The molecular weight excluding hydrogens is 244 g/mol. The molecule has 0 aromatic carbocycles. The number of hydrogen-bond donors (Lipinski definition) is 0. The Balaban J connectivity index is 1.95. The molecule has 0 N–H and O–H groups in total. The second-order valence-electron chi connectivity index (χ2n) is 5.67. The molecule has 3 nitrogen and oxygen atoms in total. The summed E-state index contributed by atoms with van der Waals surface area (Å²) in [7, 11) is 2.17. The van der Waals surface area contributed by atoms with Crippen LogP contribution in [0.2, 0.25) is 0 Å². The monoisotopic (exact) mass is 268 g/mol. The molecule has 102 valence electrons. The maximum atomic E-state index is 8.82. The van der Waals surface area contributed by atoms with Crippen LogP contribution in [0, 0.1) is 11.3 Å². The molecule has 2 saturated heterocycles. The molecule has 0 radical (unpaired) electrons. The topological polar surface area (TPSA) is 36.3 Å². The third kappa shape index (κ3) is 3.20. The summed E-state index contributed by atoms with van der Waals surface area (Å²) in [6.07, 6.45) is 5.29. The summed E-state index contributed by atoms with van der Waals surface area (Å²) in [4.78, 5) is 2.40. The number of nitriles is 1. The maximum absolute atomic E-state index is 8.82. The van der Waals surface area contributed by atoms with Gasteiger partial charge in [-0.3, -0.25) is 4.90 Å². The predicted molar refractivity (Wildman–Crippen MR) is 75.7 cm³/mol. The minimum atomic E-state index is 0.148. The van der Waals surface area contributed by atoms with Crippen LogP contribution < -0.4 is 0 Å². The molecule has 2 heterocycles. The van der Waals surface area contributed by atoms with Crippen LogP contribution in [0.4, 0.5) is 0 Å². The van der Waals surface area contributed by atoms with E-state index in [0.29, 0.717) is 18.5 Å². The lowest BCUT2D eigenvalue weighted by Gasteiger charge is -2.46. The molecule has 2 atom stereocenters. The fourth-order valence-electron chi connectivity index (χ4n) is 3.08. The van der Waals surface area contributed by atoms with Crippen molar-refractivity contribution in [1.82, 2.24) is 4.90 Å². The summed E-state index contributed by atoms with van der Waals surface area (Å²) in [6.45, 7) is 3.04. The Kier molecular flexibility index (Phi) is 4.94. The highest BCUT2D eigenvalue weighted by atomic mass is 32.2. The lowest BCUT2D eigenvalue weighted by molar-refractivity contribution is -0.111. The number of thioether (sulfide) groups is 1. The second-order valence-corrected chi connectivity index (χ2v) is 6.89. The average Bonchev–Trinajstić information content (AvgIpc) is 2.39. The summed E-state index contributed by atoms with van der Waals surface area (Å²) in [5.74, 6) is 2.48. The van der Waals surface area contributed by atoms with E-state index >= 15 is 0 Å². The van der Waals surface area contributed by atoms with Gasteiger partial charge in [0.25, 0.3) is 0 Å². The lowest BCUT2D eigenvalue weighted by Crippen LogP contribution is -2.51. The Morgan fingerprint density at radius 2 is 2.22 bits per heavy atom. The van der Waals surface area contributed by atoms with Gasteiger partial charge in [0.1, 0.15) is 0 Å². The first-order valence-corrected chi connectivity index (χ1v) is 8.13. The number of ether oxygens (including phenoxy) is 1. The molecule has 0 saturated carbocycles. The van der Waals surface area contributed by atoms with Gasteiger partial charge in [-0.15, -0.1) is 0 Å². The normalized spacial score (nSPS) is 29.1. The third-order valence-electron chi connectivity index (χ3n) is 4.53. The van der Waals surface area contributed by atoms with Crippen LogP contribution in [0.1, 0.15) is 39.0 Å². The Labute approximate surface area is 115 Å². The van der Waals surface area contributed by atoms with Crippen molar-refractivity contribution in [2.45, 2.75) is 56.7 Å². The van der Waals surface area contributed by atoms with Gasteiger partial charge in [0.2, 0.25) is 0 Å². The van der Waals surface area contributed by atoms with E-state index in [1.165, 1.54) is 24.3 Å². The highest BCUT2D eigenvalue weighted by Crippen LogP contribution is 2.39. The number of nitrogens with zero attached hydrogens (tertiary/aromatic N) is 2. The van der Waals surface area contributed by atoms with Gasteiger partial charge in [0, 0.05) is 18.7 Å². The summed E-state index contributed by atoms with van der Waals surface area (Å²) in [6, 6.07) is 3.23. The van der Waals surface area contributed by atoms with Crippen molar-refractivity contribution >= 4 is 11.8 Å². The van der Waals surface area contributed by atoms with Crippen LogP contribution in [0.5, 0.6) is 0 Å². The Bertz CT molecular complexity index is 304. The van der Waals surface area contributed by atoms with Crippen LogP contribution in [0.3, 0.4) is 0 Å². The predicted octanol–water partition coefficient (Wildman–Crippen LogP) is 2.67. The maximum Gasteiger partial charge on any atom is 0.0713 e. The van der Waals surface area contributed by atoms with Crippen LogP contribution in [0.15, 0.2) is 0 Å². The molecule has 2 rings (SSSR count). The van der Waals surface area contributed by atoms with Gasteiger partial charge < -0.3 is 4.74 Å². The fraction of sp³-hybridized carbons (Fsp3) is 0.929. The minimum Gasteiger partial charge on any atom is -0.375 e. The molecular formula is C14H24N2OS. The largest absolute Gasteiger partial charge is 0.375 e. The van der Waals surface area contributed by atoms with Gasteiger partial charge in [0.15, 0.2) is 0 Å². The van der Waals surface area contributed by atoms with E-state index in [1.54, 1.807) is 0 Å². The molecule has 1 spiro atoms. The van der Waals surface area contributed by atoms with E-state index in [4.69, 9.17) is 10.00 Å². The SMILES string of the molecule is CC(CC#N)N(C)C1CCOC2(CCSCC2)C1. The van der Waals surface area contributed by atoms with E-state index in [2.05, 4.69) is 24.9 Å². The first kappa shape index (κ1) is 14.2. The Hall–Kier alpha value is -0.240. The highest BCUT2D eigenvalue weighted by molar-refractivity contribution is 7.99. The number of rotatable bonds is 3. The van der Waals surface area contributed by atoms with Crippen molar-refractivity contribution in [3.8, 4) is 6.07 Å². The zero-order valence-electron chi connectivity index (χ0n) is 11.5. The van der Waals surface area contributed by atoms with Crippen LogP contribution >= 0.6 is 11.8 Å². The molecule has 2 aliphatic rings. The smallest absolute Gasteiger partial charge is 0.0713 e. The second kappa shape index (κ2) is 6.27. The molecule has 0 bridgehead atoms. The molecule has 0 aromatic heterocycles. The van der Waals surface area contributed by atoms with Gasteiger partial charge in [-0.2, -0.15) is 17.0 Å². The summed E-state index contributed by atoms with van der Waals surface area (Å²) < 4.78 is 6.12. The van der Waals surface area contributed by atoms with E-state index in [0.717, 1.165) is 19.4 Å². The van der Waals surface area contributed by atoms with Crippen molar-refractivity contribution in [1.29, 1.82) is 5.26 Å². The van der Waals surface area contributed by atoms with E-state index < -0.39 is 0 Å². The molecule has 2 unspecified atom stereocenters. The van der Waals surface area contributed by atoms with Crippen LogP contribution in [-0.4, -0.2) is 47.7 Å². The van der Waals surface area contributed by atoms with E-state index in [-0.39, 0.29) is 5.60 Å². The standard InChI is InChI=1S/C14H24N2OS/c1-12(3-7-15)16(2)13-4-8-17-14(11-13)5-9-18-10-6-14/h12-13H,3-6,8-11H2,1-2H3. The quantitative estimate of drug-likeness (QED) is 0.788. The average molecular weight is 268 g/mol. The first-order chi connectivity index (χ1) is 8.67. The third-order valence-corrected chi connectivity index (χ3v) is 5.51. The van der Waals surface area contributed by atoms with Gasteiger partial charge in [-0.1, -0.05) is 0 Å². The number of hydrogen-bond acceptors (Lipinski definition) is 4. The molecule has 0 amide bonds. The van der Waals surface area contributed by atoms with Gasteiger partial charge in [0.05, 0.1) is 18.1 Å². The summed E-state index contributed by atoms with van der Waals surface area (Å²) >= 11 is 2.05. The van der Waals surface area contributed by atoms with Crippen molar-refractivity contribution in [2.75, 3.05) is 25.2 Å². The Morgan fingerprint density at radius 3 is 2.89 bits per heavy atom. The van der Waals surface area contributed by atoms with Crippen LogP contribution in [-0.2, 0) is 4.74 Å². The molecule has 0 aliphatic carbocycles. The van der Waals surface area contributed by atoms with Gasteiger partial charge in [-0.05, 0) is 51.2 Å². The van der Waals surface area contributed by atoms with E-state index in [1.807, 2.05) is 11.8 Å². The first-order valence-electron chi connectivity index (χ1n) is 6.97. The van der Waals surface area contributed by atoms with Gasteiger partial charge >= 0.3 is 0 Å².